The summed E-state index contributed by atoms with van der Waals surface area (Å²) in [6, 6.07) is 9.11. The molecule has 0 aliphatic carbocycles. The zero-order chi connectivity index (χ0) is 15.4. The van der Waals surface area contributed by atoms with Gasteiger partial charge in [0.15, 0.2) is 4.77 Å². The van der Waals surface area contributed by atoms with E-state index in [1.807, 2.05) is 25.1 Å². The van der Waals surface area contributed by atoms with Gasteiger partial charge in [-0.05, 0) is 31.3 Å². The Morgan fingerprint density at radius 1 is 1.48 bits per heavy atom. The number of H-pyrrole nitrogens is 1. The number of aryl methyl sites for hydroxylation is 1. The molecule has 0 fully saturated rings. The van der Waals surface area contributed by atoms with Crippen molar-refractivity contribution >= 4 is 18.4 Å². The Bertz CT molecular complexity index is 841. The van der Waals surface area contributed by atoms with Gasteiger partial charge < -0.3 is 5.11 Å². The Morgan fingerprint density at radius 3 is 2.76 bits per heavy atom. The third-order valence-corrected chi connectivity index (χ3v) is 3.08. The lowest BCUT2D eigenvalue weighted by Crippen LogP contribution is -2.18. The zero-order valence-corrected chi connectivity index (χ0v) is 12.0. The highest BCUT2D eigenvalue weighted by molar-refractivity contribution is 7.71. The van der Waals surface area contributed by atoms with Gasteiger partial charge in [0.05, 0.1) is 11.8 Å². The maximum atomic E-state index is 11.8. The molecule has 6 nitrogen and oxygen atoms in total. The molecule has 0 bridgehead atoms. The number of nitrogens with zero attached hydrogens (tertiary/aromatic N) is 3. The summed E-state index contributed by atoms with van der Waals surface area (Å²) in [7, 11) is 0. The van der Waals surface area contributed by atoms with Gasteiger partial charge in [0.1, 0.15) is 12.1 Å². The molecule has 0 aliphatic heterocycles. The highest BCUT2D eigenvalue weighted by Crippen LogP contribution is 2.18. The van der Waals surface area contributed by atoms with E-state index in [0.717, 1.165) is 11.8 Å². The molecule has 0 radical (unpaired) electrons. The Hall–Kier alpha value is -2.72. The van der Waals surface area contributed by atoms with Gasteiger partial charge in [-0.1, -0.05) is 17.7 Å². The number of aromatic amines is 1. The lowest BCUT2D eigenvalue weighted by atomic mass is 10.2. The van der Waals surface area contributed by atoms with Crippen LogP contribution in [0.4, 0.5) is 0 Å². The van der Waals surface area contributed by atoms with Crippen LogP contribution in [0, 0.1) is 23.0 Å². The van der Waals surface area contributed by atoms with Crippen LogP contribution >= 0.6 is 12.2 Å². The first kappa shape index (κ1) is 14.7. The molecule has 0 atom stereocenters. The molecule has 106 valence electrons. The molecule has 7 heteroatoms. The van der Waals surface area contributed by atoms with Crippen LogP contribution in [0.3, 0.4) is 0 Å². The highest BCUT2D eigenvalue weighted by atomic mass is 32.1. The fraction of sp³-hybridized carbons (Fsp3) is 0.143. The topological polar surface area (TPSA) is 94.2 Å². The molecule has 2 rings (SSSR count). The van der Waals surface area contributed by atoms with Crippen LogP contribution in [-0.4, -0.2) is 27.4 Å². The van der Waals surface area contributed by atoms with Crippen LogP contribution in [0.5, 0.6) is 5.88 Å². The fourth-order valence-corrected chi connectivity index (χ4v) is 2.05. The molecule has 2 aromatic rings. The van der Waals surface area contributed by atoms with Crippen molar-refractivity contribution in [1.29, 1.82) is 5.26 Å². The van der Waals surface area contributed by atoms with E-state index >= 15 is 0 Å². The molecule has 0 amide bonds. The smallest absolute Gasteiger partial charge is 0.264 e. The van der Waals surface area contributed by atoms with E-state index in [1.54, 1.807) is 12.1 Å². The lowest BCUT2D eigenvalue weighted by molar-refractivity contribution is 0.432. The number of aliphatic imine (C=N–C) groups is 1. The Kier molecular flexibility index (Phi) is 4.30. The van der Waals surface area contributed by atoms with E-state index in [2.05, 4.69) is 9.98 Å². The maximum Gasteiger partial charge on any atom is 0.264 e. The number of hydrogen-bond donors (Lipinski definition) is 2. The summed E-state index contributed by atoms with van der Waals surface area (Å²) in [5, 5.41) is 18.7. The van der Waals surface area contributed by atoms with Gasteiger partial charge in [-0.15, -0.1) is 0 Å². The molecule has 0 aliphatic rings. The SMILES string of the molecule is Cc1ccc(-n2c(O)c(C=NCC#N)c(=O)[nH]c2=S)cc1. The van der Waals surface area contributed by atoms with Crippen molar-refractivity contribution in [2.75, 3.05) is 6.54 Å². The van der Waals surface area contributed by atoms with Crippen LogP contribution in [0.15, 0.2) is 34.1 Å². The monoisotopic (exact) mass is 300 g/mol. The number of rotatable bonds is 3. The second-order valence-electron chi connectivity index (χ2n) is 4.30. The number of hydrogen-bond acceptors (Lipinski definition) is 5. The average molecular weight is 300 g/mol. The van der Waals surface area contributed by atoms with E-state index in [-0.39, 0.29) is 22.8 Å². The highest BCUT2D eigenvalue weighted by Gasteiger charge is 2.12. The van der Waals surface area contributed by atoms with Gasteiger partial charge >= 0.3 is 0 Å². The Labute approximate surface area is 125 Å². The fourth-order valence-electron chi connectivity index (χ4n) is 1.77. The number of nitrogens with one attached hydrogen (secondary N) is 1. The molecular formula is C14H12N4O2S. The summed E-state index contributed by atoms with van der Waals surface area (Å²) < 4.78 is 1.42. The first-order valence-electron chi connectivity index (χ1n) is 6.06. The van der Waals surface area contributed by atoms with Crippen LogP contribution in [-0.2, 0) is 0 Å². The third kappa shape index (κ3) is 3.07. The Balaban J connectivity index is 2.65. The minimum Gasteiger partial charge on any atom is -0.494 e. The van der Waals surface area contributed by atoms with Gasteiger partial charge in [-0.2, -0.15) is 5.26 Å². The summed E-state index contributed by atoms with van der Waals surface area (Å²) in [5.41, 5.74) is 1.08. The van der Waals surface area contributed by atoms with Gasteiger partial charge in [0.2, 0.25) is 5.88 Å². The second kappa shape index (κ2) is 6.15. The average Bonchev–Trinajstić information content (AvgIpc) is 2.44. The van der Waals surface area contributed by atoms with Crippen molar-refractivity contribution in [2.24, 2.45) is 4.99 Å². The number of aromatic nitrogens is 2. The van der Waals surface area contributed by atoms with Crippen LogP contribution in [0.25, 0.3) is 5.69 Å². The summed E-state index contributed by atoms with van der Waals surface area (Å²) in [6.07, 6.45) is 1.16. The van der Waals surface area contributed by atoms with Crippen molar-refractivity contribution in [3.63, 3.8) is 0 Å². The van der Waals surface area contributed by atoms with Gasteiger partial charge in [-0.25, -0.2) is 0 Å². The van der Waals surface area contributed by atoms with Crippen molar-refractivity contribution in [3.05, 3.63) is 50.5 Å². The van der Waals surface area contributed by atoms with Crippen molar-refractivity contribution in [1.82, 2.24) is 9.55 Å². The summed E-state index contributed by atoms with van der Waals surface area (Å²) in [6.45, 7) is 1.84. The number of benzene rings is 1. The van der Waals surface area contributed by atoms with Crippen LogP contribution < -0.4 is 5.56 Å². The predicted molar refractivity (Wildman–Crippen MR) is 81.7 cm³/mol. The standard InChI is InChI=1S/C14H12N4O2S/c1-9-2-4-10(5-3-9)18-13(20)11(8-16-7-6-15)12(19)17-14(18)21/h2-5,8,20H,7H2,1H3,(H,17,19,21). The van der Waals surface area contributed by atoms with Crippen LogP contribution in [0.1, 0.15) is 11.1 Å². The number of nitriles is 1. The summed E-state index contributed by atoms with van der Waals surface area (Å²) in [4.78, 5) is 18.0. The van der Waals surface area contributed by atoms with Crippen molar-refractivity contribution < 1.29 is 5.11 Å². The lowest BCUT2D eigenvalue weighted by Gasteiger charge is -2.11. The zero-order valence-electron chi connectivity index (χ0n) is 11.2. The quantitative estimate of drug-likeness (QED) is 0.514. The Morgan fingerprint density at radius 2 is 2.14 bits per heavy atom. The summed E-state index contributed by atoms with van der Waals surface area (Å²) in [5.74, 6) is -0.311. The van der Waals surface area contributed by atoms with E-state index in [0.29, 0.717) is 5.69 Å². The number of aromatic hydroxyl groups is 1. The minimum atomic E-state index is -0.553. The third-order valence-electron chi connectivity index (χ3n) is 2.80. The second-order valence-corrected chi connectivity index (χ2v) is 4.68. The first-order valence-corrected chi connectivity index (χ1v) is 6.47. The van der Waals surface area contributed by atoms with E-state index in [9.17, 15) is 9.90 Å². The molecule has 1 aromatic carbocycles. The van der Waals surface area contributed by atoms with Crippen molar-refractivity contribution in [2.45, 2.75) is 6.92 Å². The van der Waals surface area contributed by atoms with E-state index in [1.165, 1.54) is 4.57 Å². The van der Waals surface area contributed by atoms with Gasteiger partial charge in [0.25, 0.3) is 5.56 Å². The van der Waals surface area contributed by atoms with Gasteiger partial charge in [0, 0.05) is 6.21 Å². The minimum absolute atomic E-state index is 0.0422. The normalized spacial score (nSPS) is 10.7. The van der Waals surface area contributed by atoms with Crippen LogP contribution in [0.2, 0.25) is 0 Å². The van der Waals surface area contributed by atoms with Gasteiger partial charge in [-0.3, -0.25) is 19.3 Å². The molecule has 2 N–H and O–H groups in total. The molecule has 1 aromatic heterocycles. The van der Waals surface area contributed by atoms with Crippen molar-refractivity contribution in [3.8, 4) is 17.6 Å². The molecule has 0 saturated carbocycles. The molecule has 0 unspecified atom stereocenters. The largest absolute Gasteiger partial charge is 0.494 e. The predicted octanol–water partition coefficient (Wildman–Crippen LogP) is 1.85. The van der Waals surface area contributed by atoms with E-state index < -0.39 is 5.56 Å². The first-order chi connectivity index (χ1) is 10.0. The molecule has 21 heavy (non-hydrogen) atoms. The molecular weight excluding hydrogens is 288 g/mol. The molecule has 0 spiro atoms. The van der Waals surface area contributed by atoms with E-state index in [4.69, 9.17) is 17.5 Å². The molecule has 0 saturated heterocycles. The maximum absolute atomic E-state index is 11.8. The molecule has 1 heterocycles. The summed E-state index contributed by atoms with van der Waals surface area (Å²) >= 11 is 5.09.